The molecule has 0 bridgehead atoms. The van der Waals surface area contributed by atoms with Crippen molar-refractivity contribution in [3.63, 3.8) is 0 Å². The van der Waals surface area contributed by atoms with Crippen LogP contribution < -0.4 is 51.4 Å². The second-order valence-corrected chi connectivity index (χ2v) is 3.06. The number of hydrogen-bond acceptors (Lipinski definition) is 2. The van der Waals surface area contributed by atoms with E-state index in [0.29, 0.717) is 12.8 Å². The van der Waals surface area contributed by atoms with Gasteiger partial charge in [-0.2, -0.15) is 0 Å². The van der Waals surface area contributed by atoms with Crippen LogP contribution in [-0.4, -0.2) is 22.2 Å². The fourth-order valence-electron chi connectivity index (χ4n) is 1.08. The zero-order chi connectivity index (χ0) is 10.1. The quantitative estimate of drug-likeness (QED) is 0.413. The molecule has 0 unspecified atom stereocenters. The third kappa shape index (κ3) is 15.1. The third-order valence-corrected chi connectivity index (χ3v) is 1.78. The SMILES string of the molecule is O=C(O)CCCCCCCC(=O)O.[H-].[K+]. The molecule has 0 radical (unpaired) electrons. The molecule has 0 atom stereocenters. The van der Waals surface area contributed by atoms with Crippen LogP contribution in [0.5, 0.6) is 0 Å². The van der Waals surface area contributed by atoms with Crippen molar-refractivity contribution in [2.24, 2.45) is 0 Å². The molecule has 0 saturated heterocycles. The topological polar surface area (TPSA) is 74.6 Å². The van der Waals surface area contributed by atoms with E-state index < -0.39 is 11.9 Å². The Labute approximate surface area is 128 Å². The minimum Gasteiger partial charge on any atom is -1.00 e. The van der Waals surface area contributed by atoms with E-state index in [0.717, 1.165) is 19.3 Å². The van der Waals surface area contributed by atoms with E-state index in [-0.39, 0.29) is 65.7 Å². The average Bonchev–Trinajstić information content (AvgIpc) is 2.01. The van der Waals surface area contributed by atoms with Crippen molar-refractivity contribution in [3.8, 4) is 0 Å². The van der Waals surface area contributed by atoms with E-state index in [4.69, 9.17) is 10.2 Å². The van der Waals surface area contributed by atoms with Crippen molar-refractivity contribution >= 4 is 11.9 Å². The summed E-state index contributed by atoms with van der Waals surface area (Å²) in [5, 5.41) is 16.6. The van der Waals surface area contributed by atoms with Gasteiger partial charge in [0, 0.05) is 12.8 Å². The third-order valence-electron chi connectivity index (χ3n) is 1.78. The molecular weight excluding hydrogens is 211 g/mol. The van der Waals surface area contributed by atoms with Crippen LogP contribution in [-0.2, 0) is 9.59 Å². The van der Waals surface area contributed by atoms with Gasteiger partial charge in [-0.3, -0.25) is 9.59 Å². The number of aliphatic carboxylic acids is 2. The number of hydrogen-bond donors (Lipinski definition) is 2. The predicted octanol–water partition coefficient (Wildman–Crippen LogP) is -0.997. The summed E-state index contributed by atoms with van der Waals surface area (Å²) in [5.41, 5.74) is 0. The zero-order valence-corrected chi connectivity index (χ0v) is 11.8. The minimum absolute atomic E-state index is 0. The van der Waals surface area contributed by atoms with Gasteiger partial charge in [-0.05, 0) is 12.8 Å². The van der Waals surface area contributed by atoms with Crippen LogP contribution in [0.15, 0.2) is 0 Å². The van der Waals surface area contributed by atoms with Gasteiger partial charge in [-0.25, -0.2) is 0 Å². The van der Waals surface area contributed by atoms with E-state index in [1.54, 1.807) is 0 Å². The van der Waals surface area contributed by atoms with Crippen LogP contribution in [0.1, 0.15) is 46.4 Å². The average molecular weight is 228 g/mol. The molecule has 0 fully saturated rings. The number of carboxylic acids is 2. The standard InChI is InChI=1S/C9H16O4.K.H/c10-8(11)6-4-2-1-3-5-7-9(12)13;;/h1-7H2,(H,10,11)(H,12,13);;/q;+1;-1. The summed E-state index contributed by atoms with van der Waals surface area (Å²) in [6.07, 6.45) is 4.53. The fraction of sp³-hybridized carbons (Fsp3) is 0.778. The zero-order valence-electron chi connectivity index (χ0n) is 9.66. The smallest absolute Gasteiger partial charge is 1.00 e. The van der Waals surface area contributed by atoms with Crippen LogP contribution >= 0.6 is 0 Å². The number of unbranched alkanes of at least 4 members (excludes halogenated alkanes) is 4. The first kappa shape index (κ1) is 17.0. The number of carbonyl (C=O) groups is 2. The van der Waals surface area contributed by atoms with Gasteiger partial charge in [0.2, 0.25) is 0 Å². The second kappa shape index (κ2) is 11.7. The van der Waals surface area contributed by atoms with Crippen molar-refractivity contribution in [1.82, 2.24) is 0 Å². The Morgan fingerprint density at radius 3 is 1.36 bits per heavy atom. The minimum atomic E-state index is -0.759. The Hall–Kier alpha value is 0.576. The molecule has 0 aliphatic carbocycles. The van der Waals surface area contributed by atoms with E-state index >= 15 is 0 Å². The summed E-state index contributed by atoms with van der Waals surface area (Å²) >= 11 is 0. The van der Waals surface area contributed by atoms with Gasteiger partial charge < -0.3 is 11.6 Å². The molecule has 0 aliphatic rings. The molecule has 0 aromatic carbocycles. The van der Waals surface area contributed by atoms with Crippen molar-refractivity contribution in [1.29, 1.82) is 0 Å². The number of rotatable bonds is 8. The molecule has 0 amide bonds. The predicted molar refractivity (Wildman–Crippen MR) is 48.7 cm³/mol. The van der Waals surface area contributed by atoms with Gasteiger partial charge in [-0.15, -0.1) is 0 Å². The van der Waals surface area contributed by atoms with E-state index in [1.807, 2.05) is 0 Å². The summed E-state index contributed by atoms with van der Waals surface area (Å²) in [5.74, 6) is -1.52. The molecule has 0 heterocycles. The second-order valence-electron chi connectivity index (χ2n) is 3.06. The summed E-state index contributed by atoms with van der Waals surface area (Å²) in [6.45, 7) is 0. The van der Waals surface area contributed by atoms with Gasteiger partial charge in [-0.1, -0.05) is 19.3 Å². The molecule has 78 valence electrons. The van der Waals surface area contributed by atoms with E-state index in [2.05, 4.69) is 0 Å². The molecular formula is C9H17KO4. The first-order chi connectivity index (χ1) is 6.13. The number of carboxylic acid groups (broad SMARTS) is 2. The monoisotopic (exact) mass is 228 g/mol. The maximum absolute atomic E-state index is 10.1. The van der Waals surface area contributed by atoms with Crippen LogP contribution in [0.25, 0.3) is 0 Å². The van der Waals surface area contributed by atoms with Crippen LogP contribution in [0.4, 0.5) is 0 Å². The first-order valence-corrected chi connectivity index (χ1v) is 4.56. The van der Waals surface area contributed by atoms with Crippen molar-refractivity contribution in [2.75, 3.05) is 0 Å². The van der Waals surface area contributed by atoms with Gasteiger partial charge in [0.25, 0.3) is 0 Å². The molecule has 0 rings (SSSR count). The molecule has 2 N–H and O–H groups in total. The van der Waals surface area contributed by atoms with Crippen molar-refractivity contribution in [3.05, 3.63) is 0 Å². The summed E-state index contributed by atoms with van der Waals surface area (Å²) in [7, 11) is 0. The van der Waals surface area contributed by atoms with Crippen LogP contribution in [0, 0.1) is 0 Å². The summed E-state index contributed by atoms with van der Waals surface area (Å²) < 4.78 is 0. The molecule has 0 spiro atoms. The normalized spacial score (nSPS) is 9.14. The van der Waals surface area contributed by atoms with Gasteiger partial charge in [0.05, 0.1) is 0 Å². The fourth-order valence-corrected chi connectivity index (χ4v) is 1.08. The summed E-state index contributed by atoms with van der Waals surface area (Å²) in [6, 6.07) is 0. The van der Waals surface area contributed by atoms with Gasteiger partial charge in [0.15, 0.2) is 0 Å². The maximum atomic E-state index is 10.1. The molecule has 0 aliphatic heterocycles. The largest absolute Gasteiger partial charge is 1.00 e. The van der Waals surface area contributed by atoms with Crippen LogP contribution in [0.2, 0.25) is 0 Å². The van der Waals surface area contributed by atoms with E-state index in [9.17, 15) is 9.59 Å². The first-order valence-electron chi connectivity index (χ1n) is 4.56. The molecule has 0 aromatic rings. The maximum Gasteiger partial charge on any atom is 1.00 e. The Morgan fingerprint density at radius 2 is 1.07 bits per heavy atom. The molecule has 4 nitrogen and oxygen atoms in total. The van der Waals surface area contributed by atoms with Crippen molar-refractivity contribution in [2.45, 2.75) is 44.9 Å². The Kier molecular flexibility index (Phi) is 14.1. The molecule has 0 aromatic heterocycles. The van der Waals surface area contributed by atoms with E-state index in [1.165, 1.54) is 0 Å². The van der Waals surface area contributed by atoms with Crippen LogP contribution in [0.3, 0.4) is 0 Å². The molecule has 0 saturated carbocycles. The Morgan fingerprint density at radius 1 is 0.786 bits per heavy atom. The van der Waals surface area contributed by atoms with Gasteiger partial charge in [0.1, 0.15) is 0 Å². The Bertz CT molecular complexity index is 157. The molecule has 5 heteroatoms. The summed E-state index contributed by atoms with van der Waals surface area (Å²) in [4.78, 5) is 20.2. The molecule has 14 heavy (non-hydrogen) atoms. The van der Waals surface area contributed by atoms with Gasteiger partial charge >= 0.3 is 63.3 Å². The Balaban J connectivity index is -0.000000720. The van der Waals surface area contributed by atoms with Crippen molar-refractivity contribution < 1.29 is 72.6 Å².